The number of hydrogen-bond donors (Lipinski definition) is 0. The number of allylic oxidation sites excluding steroid dienone is 2. The molecule has 0 aliphatic heterocycles. The average Bonchev–Trinajstić information content (AvgIpc) is 2.64. The molecule has 2 aromatic rings. The summed E-state index contributed by atoms with van der Waals surface area (Å²) in [6, 6.07) is 8.89. The van der Waals surface area contributed by atoms with Crippen LogP contribution < -0.4 is 9.47 Å². The normalized spacial score (nSPS) is 13.2. The van der Waals surface area contributed by atoms with Crippen LogP contribution in [0.5, 0.6) is 11.5 Å². The Labute approximate surface area is 159 Å². The number of benzene rings is 2. The Morgan fingerprint density at radius 3 is 2.36 bits per heavy atom. The van der Waals surface area contributed by atoms with Gasteiger partial charge in [0.25, 0.3) is 0 Å². The number of hydrogen-bond acceptors (Lipinski definition) is 4. The summed E-state index contributed by atoms with van der Waals surface area (Å²) < 4.78 is 11.0. The van der Waals surface area contributed by atoms with E-state index in [4.69, 9.17) is 9.47 Å². The molecule has 0 unspecified atom stereocenters. The van der Waals surface area contributed by atoms with Crippen LogP contribution in [0.15, 0.2) is 46.6 Å². The molecule has 5 heteroatoms. The van der Waals surface area contributed by atoms with Gasteiger partial charge in [-0.05, 0) is 51.9 Å². The Morgan fingerprint density at radius 1 is 1.00 bits per heavy atom. The van der Waals surface area contributed by atoms with Crippen LogP contribution in [0, 0.1) is 0 Å². The molecule has 0 saturated carbocycles. The minimum atomic E-state index is -0.170. The van der Waals surface area contributed by atoms with Gasteiger partial charge in [-0.2, -0.15) is 0 Å². The first kappa shape index (κ1) is 17.4. The lowest BCUT2D eigenvalue weighted by Gasteiger charge is -2.19. The standard InChI is InChI=1S/C20H15IO4/c1-4-11-5-7-13-15(22)10-14(21)20(23)19(13)18(11)12-6-8-16(24-2)17(9-12)25-3/h4-10H,1H2,2-3H3. The Hall–Kier alpha value is -2.41. The first-order valence-corrected chi connectivity index (χ1v) is 8.57. The maximum absolute atomic E-state index is 12.8. The second kappa shape index (κ2) is 6.84. The van der Waals surface area contributed by atoms with E-state index in [0.717, 1.165) is 11.1 Å². The summed E-state index contributed by atoms with van der Waals surface area (Å²) in [5.74, 6) is 0.806. The third kappa shape index (κ3) is 2.89. The second-order valence-electron chi connectivity index (χ2n) is 5.41. The molecule has 0 atom stereocenters. The summed E-state index contributed by atoms with van der Waals surface area (Å²) >= 11 is 1.90. The molecular formula is C20H15IO4. The number of methoxy groups -OCH3 is 2. The van der Waals surface area contributed by atoms with Crippen molar-refractivity contribution in [3.63, 3.8) is 0 Å². The number of fused-ring (bicyclic) bond motifs is 1. The van der Waals surface area contributed by atoms with Crippen LogP contribution >= 0.6 is 22.6 Å². The fourth-order valence-corrected chi connectivity index (χ4v) is 3.46. The van der Waals surface area contributed by atoms with E-state index in [1.807, 2.05) is 28.7 Å². The van der Waals surface area contributed by atoms with Gasteiger partial charge >= 0.3 is 0 Å². The van der Waals surface area contributed by atoms with E-state index in [9.17, 15) is 9.59 Å². The highest BCUT2D eigenvalue weighted by atomic mass is 127. The zero-order valence-electron chi connectivity index (χ0n) is 13.8. The Balaban J connectivity index is 2.34. The predicted octanol–water partition coefficient (Wildman–Crippen LogP) is 4.71. The van der Waals surface area contributed by atoms with E-state index in [0.29, 0.717) is 31.8 Å². The highest BCUT2D eigenvalue weighted by Gasteiger charge is 2.29. The van der Waals surface area contributed by atoms with E-state index >= 15 is 0 Å². The van der Waals surface area contributed by atoms with Crippen LogP contribution in [0.1, 0.15) is 26.3 Å². The minimum Gasteiger partial charge on any atom is -0.493 e. The quantitative estimate of drug-likeness (QED) is 0.639. The summed E-state index contributed by atoms with van der Waals surface area (Å²) in [5, 5.41) is 0. The lowest BCUT2D eigenvalue weighted by Crippen LogP contribution is -2.16. The van der Waals surface area contributed by atoms with Crippen molar-refractivity contribution in [1.29, 1.82) is 0 Å². The Bertz CT molecular complexity index is 941. The molecule has 0 saturated heterocycles. The number of Topliss-reactive ketones (excluding diaryl/α,β-unsaturated/α-hetero) is 1. The molecule has 0 amide bonds. The van der Waals surface area contributed by atoms with Gasteiger partial charge in [-0.15, -0.1) is 0 Å². The maximum Gasteiger partial charge on any atom is 0.200 e. The Kier molecular flexibility index (Phi) is 4.76. The van der Waals surface area contributed by atoms with E-state index in [2.05, 4.69) is 6.58 Å². The van der Waals surface area contributed by atoms with Crippen molar-refractivity contribution in [2.45, 2.75) is 0 Å². The van der Waals surface area contributed by atoms with Gasteiger partial charge in [0.15, 0.2) is 17.3 Å². The third-order valence-electron chi connectivity index (χ3n) is 4.10. The zero-order valence-corrected chi connectivity index (χ0v) is 15.9. The van der Waals surface area contributed by atoms with E-state index in [-0.39, 0.29) is 11.6 Å². The number of carbonyl (C=O) groups excluding carboxylic acids is 2. The molecular weight excluding hydrogens is 431 g/mol. The molecule has 0 radical (unpaired) electrons. The van der Waals surface area contributed by atoms with Crippen LogP contribution in [-0.2, 0) is 0 Å². The van der Waals surface area contributed by atoms with Gasteiger partial charge in [0.05, 0.1) is 17.8 Å². The number of halogens is 1. The van der Waals surface area contributed by atoms with Crippen molar-refractivity contribution in [2.75, 3.05) is 14.2 Å². The Morgan fingerprint density at radius 2 is 1.72 bits per heavy atom. The number of ketones is 2. The SMILES string of the molecule is C=Cc1ccc2c(c1-c1ccc(OC)c(OC)c1)C(=O)C(I)=CC2=O. The largest absolute Gasteiger partial charge is 0.493 e. The molecule has 0 heterocycles. The van der Waals surface area contributed by atoms with E-state index < -0.39 is 0 Å². The fraction of sp³-hybridized carbons (Fsp3) is 0.100. The lowest BCUT2D eigenvalue weighted by molar-refractivity contribution is 0.0993. The van der Waals surface area contributed by atoms with Gasteiger partial charge in [0.1, 0.15) is 0 Å². The third-order valence-corrected chi connectivity index (χ3v) is 4.90. The van der Waals surface area contributed by atoms with Crippen LogP contribution in [-0.4, -0.2) is 25.8 Å². The highest BCUT2D eigenvalue weighted by molar-refractivity contribution is 14.1. The molecule has 1 aliphatic rings. The molecule has 0 fully saturated rings. The van der Waals surface area contributed by atoms with Crippen molar-refractivity contribution in [1.82, 2.24) is 0 Å². The van der Waals surface area contributed by atoms with Gasteiger partial charge < -0.3 is 9.47 Å². The smallest absolute Gasteiger partial charge is 0.200 e. The highest BCUT2D eigenvalue weighted by Crippen LogP contribution is 2.39. The summed E-state index contributed by atoms with van der Waals surface area (Å²) in [4.78, 5) is 25.1. The second-order valence-corrected chi connectivity index (χ2v) is 6.57. The zero-order chi connectivity index (χ0) is 18.1. The van der Waals surface area contributed by atoms with Crippen LogP contribution in [0.25, 0.3) is 17.2 Å². The average molecular weight is 446 g/mol. The van der Waals surface area contributed by atoms with Gasteiger partial charge in [-0.25, -0.2) is 0 Å². The summed E-state index contributed by atoms with van der Waals surface area (Å²) in [5.41, 5.74) is 3.02. The molecule has 2 aromatic carbocycles. The summed E-state index contributed by atoms with van der Waals surface area (Å²) in [7, 11) is 3.11. The molecule has 126 valence electrons. The topological polar surface area (TPSA) is 52.6 Å². The molecule has 1 aliphatic carbocycles. The molecule has 0 bridgehead atoms. The van der Waals surface area contributed by atoms with E-state index in [1.165, 1.54) is 6.08 Å². The first-order chi connectivity index (χ1) is 12.0. The molecule has 25 heavy (non-hydrogen) atoms. The van der Waals surface area contributed by atoms with Crippen molar-refractivity contribution < 1.29 is 19.1 Å². The van der Waals surface area contributed by atoms with Crippen molar-refractivity contribution >= 4 is 40.2 Å². The first-order valence-electron chi connectivity index (χ1n) is 7.49. The van der Waals surface area contributed by atoms with Crippen molar-refractivity contribution in [3.8, 4) is 22.6 Å². The summed E-state index contributed by atoms with van der Waals surface area (Å²) in [6.07, 6.45) is 3.05. The fourth-order valence-electron chi connectivity index (χ4n) is 2.91. The molecule has 0 spiro atoms. The molecule has 0 N–H and O–H groups in total. The van der Waals surface area contributed by atoms with Crippen LogP contribution in [0.4, 0.5) is 0 Å². The predicted molar refractivity (Wildman–Crippen MR) is 106 cm³/mol. The molecule has 4 nitrogen and oxygen atoms in total. The minimum absolute atomic E-state index is 0.163. The molecule has 0 aromatic heterocycles. The maximum atomic E-state index is 12.8. The van der Waals surface area contributed by atoms with Crippen LogP contribution in [0.3, 0.4) is 0 Å². The number of carbonyl (C=O) groups is 2. The van der Waals surface area contributed by atoms with Gasteiger partial charge in [-0.1, -0.05) is 24.8 Å². The lowest BCUT2D eigenvalue weighted by atomic mass is 9.84. The van der Waals surface area contributed by atoms with Gasteiger partial charge in [0.2, 0.25) is 5.78 Å². The van der Waals surface area contributed by atoms with Crippen LogP contribution in [0.2, 0.25) is 0 Å². The van der Waals surface area contributed by atoms with Crippen molar-refractivity contribution in [3.05, 3.63) is 63.3 Å². The van der Waals surface area contributed by atoms with Gasteiger partial charge in [-0.3, -0.25) is 9.59 Å². The van der Waals surface area contributed by atoms with Crippen molar-refractivity contribution in [2.24, 2.45) is 0 Å². The molecule has 3 rings (SSSR count). The number of ether oxygens (including phenoxy) is 2. The summed E-state index contributed by atoms with van der Waals surface area (Å²) in [6.45, 7) is 3.84. The van der Waals surface area contributed by atoms with Gasteiger partial charge in [0, 0.05) is 22.8 Å². The van der Waals surface area contributed by atoms with E-state index in [1.54, 1.807) is 44.6 Å². The monoisotopic (exact) mass is 446 g/mol. The number of rotatable bonds is 4.